The topological polar surface area (TPSA) is 140 Å². The number of methoxy groups -OCH3 is 1. The van der Waals surface area contributed by atoms with Crippen molar-refractivity contribution < 1.29 is 24.3 Å². The molecule has 2 atom stereocenters. The number of benzene rings is 3. The van der Waals surface area contributed by atoms with Gasteiger partial charge in [-0.25, -0.2) is 9.97 Å². The lowest BCUT2D eigenvalue weighted by Crippen LogP contribution is -2.30. The third-order valence-corrected chi connectivity index (χ3v) is 7.15. The number of hydrogen-bond donors (Lipinski definition) is 4. The van der Waals surface area contributed by atoms with Crippen molar-refractivity contribution in [2.75, 3.05) is 25.6 Å². The zero-order chi connectivity index (χ0) is 27.5. The van der Waals surface area contributed by atoms with Gasteiger partial charge in [-0.1, -0.05) is 49.4 Å². The monoisotopic (exact) mass is 526 g/mol. The van der Waals surface area contributed by atoms with Crippen LogP contribution in [0.1, 0.15) is 45.7 Å². The summed E-state index contributed by atoms with van der Waals surface area (Å²) >= 11 is 0. The third-order valence-electron chi connectivity index (χ3n) is 7.15. The molecular weight excluding hydrogens is 495 g/mol. The van der Waals surface area contributed by atoms with Crippen LogP contribution >= 0.6 is 0 Å². The van der Waals surface area contributed by atoms with Gasteiger partial charge in [0.15, 0.2) is 0 Å². The van der Waals surface area contributed by atoms with Gasteiger partial charge in [0.2, 0.25) is 5.91 Å². The van der Waals surface area contributed by atoms with Crippen LogP contribution in [-0.4, -0.2) is 53.4 Å². The normalized spacial score (nSPS) is 16.2. The molecule has 1 heterocycles. The highest BCUT2D eigenvalue weighted by Gasteiger charge is 2.35. The molecule has 9 nitrogen and oxygen atoms in total. The second-order valence-corrected chi connectivity index (χ2v) is 9.79. The number of ether oxygens (including phenoxy) is 2. The molecule has 0 saturated heterocycles. The van der Waals surface area contributed by atoms with Crippen LogP contribution < -0.4 is 21.3 Å². The Morgan fingerprint density at radius 2 is 1.90 bits per heavy atom. The van der Waals surface area contributed by atoms with E-state index >= 15 is 0 Å². The molecule has 1 aliphatic rings. The molecule has 4 aromatic rings. The van der Waals surface area contributed by atoms with Crippen molar-refractivity contribution in [2.24, 2.45) is 11.7 Å². The van der Waals surface area contributed by atoms with Crippen molar-refractivity contribution >= 4 is 35.2 Å². The van der Waals surface area contributed by atoms with Crippen molar-refractivity contribution in [2.45, 2.75) is 25.8 Å². The number of rotatable bonds is 10. The molecule has 5 N–H and O–H groups in total. The Balaban J connectivity index is 1.59. The highest BCUT2D eigenvalue weighted by atomic mass is 16.5. The summed E-state index contributed by atoms with van der Waals surface area (Å²) in [5.41, 5.74) is 10.1. The number of aromatic nitrogens is 2. The van der Waals surface area contributed by atoms with Crippen LogP contribution in [0, 0.1) is 5.92 Å². The minimum Gasteiger partial charge on any atom is -0.489 e. The van der Waals surface area contributed by atoms with Crippen LogP contribution in [0.5, 0.6) is 5.75 Å². The van der Waals surface area contributed by atoms with E-state index in [1.54, 1.807) is 31.4 Å². The highest BCUT2D eigenvalue weighted by Crippen LogP contribution is 2.43. The van der Waals surface area contributed by atoms with E-state index in [1.165, 1.54) is 0 Å². The van der Waals surface area contributed by atoms with E-state index in [1.807, 2.05) is 36.4 Å². The Kier molecular flexibility index (Phi) is 7.78. The van der Waals surface area contributed by atoms with E-state index in [-0.39, 0.29) is 11.8 Å². The SMILES string of the molecule is COCCOc1cccc2c(NCc3cccc(B(O)O)c3)nc(C3c4cccc(C(N)=O)c4CC3C)nc12. The smallest absolute Gasteiger partial charge is 0.488 e. The minimum atomic E-state index is -1.54. The number of fused-ring (bicyclic) bond motifs is 2. The lowest BCUT2D eigenvalue weighted by molar-refractivity contribution is 0.0999. The second kappa shape index (κ2) is 11.4. The van der Waals surface area contributed by atoms with Crippen molar-refractivity contribution in [3.05, 3.63) is 88.7 Å². The number of carbonyl (C=O) groups is 1. The van der Waals surface area contributed by atoms with Gasteiger partial charge in [0.25, 0.3) is 0 Å². The molecule has 2 unspecified atom stereocenters. The van der Waals surface area contributed by atoms with Crippen molar-refractivity contribution in [1.29, 1.82) is 0 Å². The predicted octanol–water partition coefficient (Wildman–Crippen LogP) is 2.37. The van der Waals surface area contributed by atoms with Crippen LogP contribution in [-0.2, 0) is 17.7 Å². The number of nitrogens with two attached hydrogens (primary N) is 1. The lowest BCUT2D eigenvalue weighted by atomic mass is 9.80. The Bertz CT molecular complexity index is 1510. The van der Waals surface area contributed by atoms with Crippen LogP contribution in [0.4, 0.5) is 5.82 Å². The summed E-state index contributed by atoms with van der Waals surface area (Å²) in [6.45, 7) is 3.35. The molecule has 0 fully saturated rings. The maximum atomic E-state index is 12.1. The Labute approximate surface area is 227 Å². The van der Waals surface area contributed by atoms with Gasteiger partial charge >= 0.3 is 7.12 Å². The molecule has 10 heteroatoms. The van der Waals surface area contributed by atoms with Gasteiger partial charge in [0, 0.05) is 30.5 Å². The first-order valence-electron chi connectivity index (χ1n) is 12.9. The third kappa shape index (κ3) is 5.45. The lowest BCUT2D eigenvalue weighted by Gasteiger charge is -2.19. The Morgan fingerprint density at radius 1 is 1.10 bits per heavy atom. The van der Waals surface area contributed by atoms with E-state index in [4.69, 9.17) is 25.2 Å². The van der Waals surface area contributed by atoms with Crippen molar-refractivity contribution in [1.82, 2.24) is 9.97 Å². The summed E-state index contributed by atoms with van der Waals surface area (Å²) in [4.78, 5) is 22.1. The fourth-order valence-electron chi connectivity index (χ4n) is 5.31. The maximum absolute atomic E-state index is 12.1. The molecule has 3 aromatic carbocycles. The summed E-state index contributed by atoms with van der Waals surface area (Å²) < 4.78 is 11.2. The first-order valence-corrected chi connectivity index (χ1v) is 12.9. The Hall–Kier alpha value is -3.99. The molecule has 0 saturated carbocycles. The molecule has 0 aliphatic heterocycles. The van der Waals surface area contributed by atoms with Gasteiger partial charge in [-0.2, -0.15) is 0 Å². The molecule has 200 valence electrons. The first kappa shape index (κ1) is 26.6. The Morgan fingerprint density at radius 3 is 2.67 bits per heavy atom. The number of primary amides is 1. The summed E-state index contributed by atoms with van der Waals surface area (Å²) in [5, 5.41) is 23.4. The number of nitrogens with one attached hydrogen (secondary N) is 1. The van der Waals surface area contributed by atoms with E-state index in [0.29, 0.717) is 60.1 Å². The average molecular weight is 526 g/mol. The fraction of sp³-hybridized carbons (Fsp3) is 0.276. The largest absolute Gasteiger partial charge is 0.489 e. The van der Waals surface area contributed by atoms with E-state index in [0.717, 1.165) is 22.1 Å². The van der Waals surface area contributed by atoms with Crippen LogP contribution in [0.15, 0.2) is 60.7 Å². The number of carbonyl (C=O) groups excluding carboxylic acids is 1. The van der Waals surface area contributed by atoms with Gasteiger partial charge in [0.05, 0.1) is 6.61 Å². The molecule has 5 rings (SSSR count). The van der Waals surface area contributed by atoms with Gasteiger partial charge in [-0.05, 0) is 52.7 Å². The molecule has 1 aliphatic carbocycles. The van der Waals surface area contributed by atoms with Crippen LogP contribution in [0.3, 0.4) is 0 Å². The second-order valence-electron chi connectivity index (χ2n) is 9.79. The van der Waals surface area contributed by atoms with Crippen LogP contribution in [0.25, 0.3) is 10.9 Å². The average Bonchev–Trinajstić information content (AvgIpc) is 3.27. The number of nitrogens with zero attached hydrogens (tertiary/aromatic N) is 2. The van der Waals surface area contributed by atoms with Gasteiger partial charge in [-0.15, -0.1) is 0 Å². The van der Waals surface area contributed by atoms with Crippen LogP contribution in [0.2, 0.25) is 0 Å². The molecule has 0 radical (unpaired) electrons. The number of para-hydroxylation sites is 1. The van der Waals surface area contributed by atoms with Crippen molar-refractivity contribution in [3.63, 3.8) is 0 Å². The fourth-order valence-corrected chi connectivity index (χ4v) is 5.31. The number of hydrogen-bond acceptors (Lipinski definition) is 8. The minimum absolute atomic E-state index is 0.135. The zero-order valence-corrected chi connectivity index (χ0v) is 21.9. The van der Waals surface area contributed by atoms with Gasteiger partial charge in [-0.3, -0.25) is 4.79 Å². The van der Waals surface area contributed by atoms with E-state index in [9.17, 15) is 14.8 Å². The van der Waals surface area contributed by atoms with Gasteiger partial charge in [0.1, 0.15) is 29.5 Å². The number of amides is 1. The molecular formula is C29H31BN4O5. The van der Waals surface area contributed by atoms with Gasteiger partial charge < -0.3 is 30.6 Å². The molecule has 1 aromatic heterocycles. The standard InChI is InChI=1S/C29H31BN4O5/c1-17-14-23-20(8-4-9-21(23)27(31)35)25(17)29-33-26-22(10-5-11-24(26)39-13-12-38-2)28(34-29)32-16-18-6-3-7-19(15-18)30(36)37/h3-11,15,17,25,36-37H,12-14,16H2,1-2H3,(H2,31,35)(H,32,33,34). The van der Waals surface area contributed by atoms with Crippen molar-refractivity contribution in [3.8, 4) is 5.75 Å². The van der Waals surface area contributed by atoms with E-state index < -0.39 is 13.0 Å². The number of anilines is 1. The van der Waals surface area contributed by atoms with E-state index in [2.05, 4.69) is 12.2 Å². The quantitative estimate of drug-likeness (QED) is 0.183. The summed E-state index contributed by atoms with van der Waals surface area (Å²) in [7, 11) is 0.0798. The zero-order valence-electron chi connectivity index (χ0n) is 21.9. The summed E-state index contributed by atoms with van der Waals surface area (Å²) in [6.07, 6.45) is 0.700. The molecule has 0 bridgehead atoms. The molecule has 0 spiro atoms. The predicted molar refractivity (Wildman–Crippen MR) is 150 cm³/mol. The first-order chi connectivity index (χ1) is 18.9. The summed E-state index contributed by atoms with van der Waals surface area (Å²) in [6, 6.07) is 18.4. The highest BCUT2D eigenvalue weighted by molar-refractivity contribution is 6.58. The molecule has 1 amide bonds. The maximum Gasteiger partial charge on any atom is 0.488 e. The molecule has 39 heavy (non-hydrogen) atoms. The summed E-state index contributed by atoms with van der Waals surface area (Å²) in [5.74, 6) is 1.46.